The molecule has 1 amide bonds. The molecule has 0 saturated heterocycles. The fourth-order valence-corrected chi connectivity index (χ4v) is 4.13. The van der Waals surface area contributed by atoms with Crippen molar-refractivity contribution in [3.63, 3.8) is 0 Å². The van der Waals surface area contributed by atoms with Gasteiger partial charge < -0.3 is 5.32 Å². The van der Waals surface area contributed by atoms with Crippen LogP contribution in [0.3, 0.4) is 0 Å². The van der Waals surface area contributed by atoms with Gasteiger partial charge in [-0.15, -0.1) is 0 Å². The maximum absolute atomic E-state index is 12.5. The van der Waals surface area contributed by atoms with E-state index in [4.69, 9.17) is 0 Å². The van der Waals surface area contributed by atoms with Crippen molar-refractivity contribution in [3.05, 3.63) is 0 Å². The highest BCUT2D eigenvalue weighted by Crippen LogP contribution is 2.32. The first-order chi connectivity index (χ1) is 8.76. The van der Waals surface area contributed by atoms with Gasteiger partial charge in [0.25, 0.3) is 0 Å². The summed E-state index contributed by atoms with van der Waals surface area (Å²) in [7, 11) is 0. The maximum Gasteiger partial charge on any atom is 0.223 e. The van der Waals surface area contributed by atoms with E-state index in [9.17, 15) is 4.79 Å². The number of alkyl halides is 1. The second kappa shape index (κ2) is 6.93. The van der Waals surface area contributed by atoms with Gasteiger partial charge in [0.15, 0.2) is 0 Å². The Hall–Kier alpha value is -0.0500. The zero-order chi connectivity index (χ0) is 12.8. The van der Waals surface area contributed by atoms with Crippen LogP contribution in [0.1, 0.15) is 70.6 Å². The summed E-state index contributed by atoms with van der Waals surface area (Å²) < 4.78 is 0. The summed E-state index contributed by atoms with van der Waals surface area (Å²) in [6.45, 7) is 0. The lowest BCUT2D eigenvalue weighted by atomic mass is 9.89. The second-order valence-electron chi connectivity index (χ2n) is 6.15. The summed E-state index contributed by atoms with van der Waals surface area (Å²) >= 11 is 3.60. The Balaban J connectivity index is 1.88. The average molecular weight is 316 g/mol. The minimum Gasteiger partial charge on any atom is -0.350 e. The smallest absolute Gasteiger partial charge is 0.223 e. The largest absolute Gasteiger partial charge is 0.350 e. The van der Waals surface area contributed by atoms with Crippen LogP contribution in [0.15, 0.2) is 0 Å². The number of halogens is 1. The van der Waals surface area contributed by atoms with Crippen LogP contribution in [0.5, 0.6) is 0 Å². The third-order valence-corrected chi connectivity index (χ3v) is 5.75. The predicted octanol–water partition coefficient (Wildman–Crippen LogP) is 4.17. The molecule has 2 fully saturated rings. The van der Waals surface area contributed by atoms with Crippen molar-refractivity contribution in [2.45, 2.75) is 76.2 Å². The molecule has 0 unspecified atom stereocenters. The Morgan fingerprint density at radius 1 is 1.00 bits per heavy atom. The fourth-order valence-electron chi connectivity index (χ4n) is 3.43. The monoisotopic (exact) mass is 315 g/mol. The van der Waals surface area contributed by atoms with E-state index in [0.717, 1.165) is 31.0 Å². The van der Waals surface area contributed by atoms with E-state index in [1.54, 1.807) is 0 Å². The highest BCUT2D eigenvalue weighted by molar-refractivity contribution is 9.09. The molecular formula is C15H26BrNO. The maximum atomic E-state index is 12.5. The highest BCUT2D eigenvalue weighted by atomic mass is 79.9. The lowest BCUT2D eigenvalue weighted by Crippen LogP contribution is -2.50. The number of hydrogen-bond donors (Lipinski definition) is 1. The molecule has 0 spiro atoms. The molecule has 0 aromatic carbocycles. The van der Waals surface area contributed by atoms with Gasteiger partial charge in [-0.05, 0) is 25.7 Å². The van der Waals surface area contributed by atoms with Crippen molar-refractivity contribution in [2.75, 3.05) is 5.33 Å². The Kier molecular flexibility index (Phi) is 5.53. The van der Waals surface area contributed by atoms with Crippen molar-refractivity contribution >= 4 is 21.8 Å². The molecule has 2 nitrogen and oxygen atoms in total. The molecule has 0 aromatic rings. The van der Waals surface area contributed by atoms with Gasteiger partial charge in [-0.3, -0.25) is 4.79 Å². The molecule has 2 saturated carbocycles. The minimum atomic E-state index is 0.0689. The normalized spacial score (nSPS) is 25.4. The van der Waals surface area contributed by atoms with E-state index in [-0.39, 0.29) is 11.5 Å². The second-order valence-corrected chi connectivity index (χ2v) is 6.71. The van der Waals surface area contributed by atoms with Gasteiger partial charge in [-0.1, -0.05) is 60.9 Å². The molecule has 104 valence electrons. The quantitative estimate of drug-likeness (QED) is 0.778. The number of hydrogen-bond acceptors (Lipinski definition) is 1. The lowest BCUT2D eigenvalue weighted by molar-refractivity contribution is -0.127. The van der Waals surface area contributed by atoms with Crippen LogP contribution < -0.4 is 5.32 Å². The van der Waals surface area contributed by atoms with Gasteiger partial charge in [0.1, 0.15) is 0 Å². The van der Waals surface area contributed by atoms with E-state index < -0.39 is 0 Å². The summed E-state index contributed by atoms with van der Waals surface area (Å²) in [6.07, 6.45) is 13.5. The third kappa shape index (κ3) is 3.72. The molecule has 0 aliphatic heterocycles. The van der Waals surface area contributed by atoms with Crippen LogP contribution in [-0.2, 0) is 4.79 Å². The standard InChI is InChI=1S/C15H26BrNO/c16-12-15(10-6-7-11-15)17-14(18)13-8-4-2-1-3-5-9-13/h13H,1-12H2,(H,17,18). The molecule has 0 heterocycles. The number of amides is 1. The predicted molar refractivity (Wildman–Crippen MR) is 78.9 cm³/mol. The Morgan fingerprint density at radius 2 is 1.56 bits per heavy atom. The van der Waals surface area contributed by atoms with Crippen LogP contribution in [0.4, 0.5) is 0 Å². The first kappa shape index (κ1) is 14.4. The van der Waals surface area contributed by atoms with Gasteiger partial charge in [-0.2, -0.15) is 0 Å². The first-order valence-corrected chi connectivity index (χ1v) is 8.76. The zero-order valence-electron chi connectivity index (χ0n) is 11.3. The molecule has 2 rings (SSSR count). The summed E-state index contributed by atoms with van der Waals surface area (Å²) in [5.74, 6) is 0.611. The Bertz CT molecular complexity index is 266. The van der Waals surface area contributed by atoms with E-state index in [2.05, 4.69) is 21.2 Å². The van der Waals surface area contributed by atoms with Crippen LogP contribution in [0.2, 0.25) is 0 Å². The molecule has 0 radical (unpaired) electrons. The van der Waals surface area contributed by atoms with E-state index >= 15 is 0 Å². The molecule has 1 N–H and O–H groups in total. The lowest BCUT2D eigenvalue weighted by Gasteiger charge is -2.31. The summed E-state index contributed by atoms with van der Waals surface area (Å²) in [4.78, 5) is 12.5. The molecule has 3 heteroatoms. The molecule has 0 atom stereocenters. The number of nitrogens with one attached hydrogen (secondary N) is 1. The molecule has 2 aliphatic carbocycles. The molecular weight excluding hydrogens is 290 g/mol. The summed E-state index contributed by atoms with van der Waals surface area (Å²) in [6, 6.07) is 0. The molecule has 2 aliphatic rings. The van der Waals surface area contributed by atoms with Crippen molar-refractivity contribution in [1.82, 2.24) is 5.32 Å². The van der Waals surface area contributed by atoms with Crippen LogP contribution in [-0.4, -0.2) is 16.8 Å². The average Bonchev–Trinajstić information content (AvgIpc) is 2.77. The minimum absolute atomic E-state index is 0.0689. The third-order valence-electron chi connectivity index (χ3n) is 4.68. The van der Waals surface area contributed by atoms with Crippen molar-refractivity contribution < 1.29 is 4.79 Å². The van der Waals surface area contributed by atoms with Gasteiger partial charge in [0, 0.05) is 16.8 Å². The SMILES string of the molecule is O=C(NC1(CBr)CCCC1)C1CCCCCCC1. The van der Waals surface area contributed by atoms with Gasteiger partial charge >= 0.3 is 0 Å². The summed E-state index contributed by atoms with van der Waals surface area (Å²) in [5.41, 5.74) is 0.0689. The molecule has 0 aromatic heterocycles. The van der Waals surface area contributed by atoms with E-state index in [1.165, 1.54) is 44.9 Å². The number of carbonyl (C=O) groups is 1. The topological polar surface area (TPSA) is 29.1 Å². The number of rotatable bonds is 3. The molecule has 0 bridgehead atoms. The molecule has 18 heavy (non-hydrogen) atoms. The zero-order valence-corrected chi connectivity index (χ0v) is 12.9. The van der Waals surface area contributed by atoms with E-state index in [0.29, 0.717) is 5.91 Å². The van der Waals surface area contributed by atoms with Gasteiger partial charge in [0.2, 0.25) is 5.91 Å². The van der Waals surface area contributed by atoms with Crippen molar-refractivity contribution in [2.24, 2.45) is 5.92 Å². The van der Waals surface area contributed by atoms with Gasteiger partial charge in [-0.25, -0.2) is 0 Å². The first-order valence-electron chi connectivity index (χ1n) is 7.64. The van der Waals surface area contributed by atoms with Crippen molar-refractivity contribution in [3.8, 4) is 0 Å². The highest BCUT2D eigenvalue weighted by Gasteiger charge is 2.35. The fraction of sp³-hybridized carbons (Fsp3) is 0.933. The Labute approximate surface area is 119 Å². The van der Waals surface area contributed by atoms with Crippen molar-refractivity contribution in [1.29, 1.82) is 0 Å². The Morgan fingerprint density at radius 3 is 2.11 bits per heavy atom. The number of carbonyl (C=O) groups excluding carboxylic acids is 1. The summed E-state index contributed by atoms with van der Waals surface area (Å²) in [5, 5.41) is 4.29. The van der Waals surface area contributed by atoms with Crippen LogP contribution in [0, 0.1) is 5.92 Å². The van der Waals surface area contributed by atoms with Gasteiger partial charge in [0.05, 0.1) is 0 Å². The van der Waals surface area contributed by atoms with Crippen LogP contribution in [0.25, 0.3) is 0 Å². The van der Waals surface area contributed by atoms with Crippen LogP contribution >= 0.6 is 15.9 Å². The van der Waals surface area contributed by atoms with E-state index in [1.807, 2.05) is 0 Å².